The van der Waals surface area contributed by atoms with Crippen LogP contribution in [0.2, 0.25) is 0 Å². The third-order valence-electron chi connectivity index (χ3n) is 11.5. The summed E-state index contributed by atoms with van der Waals surface area (Å²) in [4.78, 5) is 76.4. The molecule has 1 aromatic heterocycles. The highest BCUT2D eigenvalue weighted by Crippen LogP contribution is 2.42. The maximum absolute atomic E-state index is 14.3. The first kappa shape index (κ1) is 49.9. The summed E-state index contributed by atoms with van der Waals surface area (Å²) in [5.41, 5.74) is 3.74. The number of thioether (sulfide) groups is 1. The first-order valence-corrected chi connectivity index (χ1v) is 23.3. The van der Waals surface area contributed by atoms with Crippen molar-refractivity contribution in [1.29, 1.82) is 5.26 Å². The van der Waals surface area contributed by atoms with Crippen molar-refractivity contribution < 1.29 is 51.7 Å². The minimum absolute atomic E-state index is 0.0218. The highest BCUT2D eigenvalue weighted by Gasteiger charge is 2.45. The van der Waals surface area contributed by atoms with E-state index in [4.69, 9.17) is 14.7 Å². The molecule has 19 heteroatoms. The second-order valence-corrected chi connectivity index (χ2v) is 19.3. The van der Waals surface area contributed by atoms with Gasteiger partial charge in [-0.05, 0) is 88.3 Å². The van der Waals surface area contributed by atoms with Gasteiger partial charge in [0.1, 0.15) is 17.8 Å². The number of β-amino-alcohol motifs (C(OH)–C–C–N with tert-alkyl or cyclic N) is 1. The van der Waals surface area contributed by atoms with Crippen molar-refractivity contribution in [2.45, 2.75) is 78.0 Å². The summed E-state index contributed by atoms with van der Waals surface area (Å²) in [6.07, 6.45) is -4.54. The largest absolute Gasteiger partial charge is 0.493 e. The smallest absolute Gasteiger partial charge is 0.420 e. The SMILES string of the molecule is COc1cc(/C=C2\SC(=O)N(Cc3ccccc3CC(=O)N[C@H](C(=O)N3C[C@H](O)CC3C(=O)NCc3ccc(-c4scnc4C)cc3)C(C)(C)C)C2=O)ccc1Oc1ccc(C#N)cc1C(F)(F)F. The summed E-state index contributed by atoms with van der Waals surface area (Å²) >= 11 is 2.22. The number of methoxy groups -OCH3 is 1. The number of carbonyl (C=O) groups is 5. The first-order valence-electron chi connectivity index (χ1n) is 21.6. The van der Waals surface area contributed by atoms with Gasteiger partial charge in [0.2, 0.25) is 17.7 Å². The monoisotopic (exact) mass is 980 g/mol. The average Bonchev–Trinajstić information content (AvgIpc) is 4.00. The Bertz CT molecular complexity index is 2870. The second kappa shape index (κ2) is 20.7. The molecule has 5 aromatic rings. The van der Waals surface area contributed by atoms with Gasteiger partial charge in [-0.3, -0.25) is 28.9 Å². The van der Waals surface area contributed by atoms with Gasteiger partial charge in [-0.2, -0.15) is 18.4 Å². The Morgan fingerprint density at radius 1 is 0.986 bits per heavy atom. The fraction of sp³-hybridized carbons (Fsp3) is 0.300. The molecule has 2 aliphatic heterocycles. The van der Waals surface area contributed by atoms with Crippen LogP contribution in [0, 0.1) is 23.7 Å². The topological polar surface area (TPSA) is 191 Å². The molecule has 3 atom stereocenters. The van der Waals surface area contributed by atoms with Crippen LogP contribution in [-0.2, 0) is 44.9 Å². The molecule has 14 nitrogen and oxygen atoms in total. The molecule has 0 spiro atoms. The number of hydrogen-bond donors (Lipinski definition) is 3. The fourth-order valence-corrected chi connectivity index (χ4v) is 9.54. The summed E-state index contributed by atoms with van der Waals surface area (Å²) in [7, 11) is 1.28. The summed E-state index contributed by atoms with van der Waals surface area (Å²) in [6.45, 7) is 7.18. The van der Waals surface area contributed by atoms with Gasteiger partial charge in [0, 0.05) is 19.5 Å². The number of nitrogens with one attached hydrogen (secondary N) is 2. The van der Waals surface area contributed by atoms with Crippen LogP contribution in [0.1, 0.15) is 66.3 Å². The molecule has 3 N–H and O–H groups in total. The normalized spacial score (nSPS) is 17.2. The van der Waals surface area contributed by atoms with E-state index in [-0.39, 0.29) is 54.4 Å². The zero-order valence-corrected chi connectivity index (χ0v) is 39.7. The number of rotatable bonds is 14. The number of alkyl halides is 3. The van der Waals surface area contributed by atoms with Gasteiger partial charge < -0.3 is 30.1 Å². The van der Waals surface area contributed by atoms with E-state index in [1.165, 1.54) is 42.4 Å². The minimum atomic E-state index is -4.81. The number of hydrogen-bond acceptors (Lipinski definition) is 12. The molecule has 3 heterocycles. The predicted molar refractivity (Wildman–Crippen MR) is 253 cm³/mol. The van der Waals surface area contributed by atoms with E-state index in [9.17, 15) is 42.3 Å². The molecule has 2 saturated heterocycles. The summed E-state index contributed by atoms with van der Waals surface area (Å²) in [5.74, 6) is -2.72. The number of thiazole rings is 1. The highest BCUT2D eigenvalue weighted by molar-refractivity contribution is 8.18. The van der Waals surface area contributed by atoms with Crippen molar-refractivity contribution in [2.24, 2.45) is 5.41 Å². The Kier molecular flexibility index (Phi) is 15.0. The molecule has 0 aliphatic carbocycles. The zero-order valence-electron chi connectivity index (χ0n) is 38.0. The zero-order chi connectivity index (χ0) is 49.8. The van der Waals surface area contributed by atoms with Crippen LogP contribution in [0.5, 0.6) is 17.2 Å². The van der Waals surface area contributed by atoms with Crippen LogP contribution < -0.4 is 20.1 Å². The molecule has 0 saturated carbocycles. The van der Waals surface area contributed by atoms with Crippen molar-refractivity contribution >= 4 is 58.0 Å². The number of carbonyl (C=O) groups excluding carboxylic acids is 5. The predicted octanol–water partition coefficient (Wildman–Crippen LogP) is 8.40. The summed E-state index contributed by atoms with van der Waals surface area (Å²) in [6, 6.07) is 21.2. The van der Waals surface area contributed by atoms with Crippen molar-refractivity contribution in [3.8, 4) is 33.8 Å². The van der Waals surface area contributed by atoms with E-state index < -0.39 is 70.0 Å². The number of benzene rings is 4. The number of halogens is 3. The van der Waals surface area contributed by atoms with Gasteiger partial charge in [-0.25, -0.2) is 4.98 Å². The van der Waals surface area contributed by atoms with E-state index in [2.05, 4.69) is 15.6 Å². The van der Waals surface area contributed by atoms with E-state index in [0.717, 1.165) is 32.7 Å². The molecule has 7 rings (SSSR count). The molecule has 5 amide bonds. The van der Waals surface area contributed by atoms with Crippen LogP contribution >= 0.6 is 23.1 Å². The van der Waals surface area contributed by atoms with Gasteiger partial charge in [0.05, 0.1) is 64.4 Å². The van der Waals surface area contributed by atoms with Crippen molar-refractivity contribution in [1.82, 2.24) is 25.4 Å². The number of nitriles is 1. The standard InChI is InChI=1S/C50H47F3N6O8S2/c1-28-43(68-27-56-28)32-14-10-29(11-15-32)24-55-45(62)37-22-35(60)26-58(37)47(64)44(49(2,3)4)57-42(61)21-33-8-6-7-9-34(33)25-59-46(63)41(69-48(59)65)20-30-12-17-39(40(19-30)66-5)67-38-16-13-31(23-54)18-36(38)50(51,52)53/h6-20,27,35,37,44,60H,21-22,24-26H2,1-5H3,(H,55,62)(H,57,61)/b41-20-/t35-,37?,44-/m1/s1. The lowest BCUT2D eigenvalue weighted by Crippen LogP contribution is -2.58. The van der Waals surface area contributed by atoms with Crippen molar-refractivity contribution in [3.63, 3.8) is 0 Å². The Balaban J connectivity index is 0.996. The van der Waals surface area contributed by atoms with Crippen LogP contribution in [0.4, 0.5) is 18.0 Å². The van der Waals surface area contributed by atoms with Gasteiger partial charge >= 0.3 is 6.18 Å². The van der Waals surface area contributed by atoms with Crippen LogP contribution in [0.3, 0.4) is 0 Å². The van der Waals surface area contributed by atoms with Crippen molar-refractivity contribution in [2.75, 3.05) is 13.7 Å². The van der Waals surface area contributed by atoms with E-state index in [1.54, 1.807) is 68.0 Å². The number of aryl methyl sites for hydroxylation is 1. The highest BCUT2D eigenvalue weighted by atomic mass is 32.2. The number of likely N-dealkylation sites (tertiary alicyclic amines) is 1. The Labute approximate surface area is 404 Å². The molecule has 0 radical (unpaired) electrons. The average molecular weight is 981 g/mol. The van der Waals surface area contributed by atoms with Crippen LogP contribution in [0.25, 0.3) is 16.5 Å². The Hall–Kier alpha value is -7.01. The van der Waals surface area contributed by atoms with Gasteiger partial charge in [0.25, 0.3) is 11.1 Å². The number of ether oxygens (including phenoxy) is 2. The molecule has 2 aliphatic rings. The fourth-order valence-electron chi connectivity index (χ4n) is 7.89. The molecular formula is C50H47F3N6O8S2. The van der Waals surface area contributed by atoms with Crippen LogP contribution in [0.15, 0.2) is 95.3 Å². The maximum Gasteiger partial charge on any atom is 0.420 e. The van der Waals surface area contributed by atoms with Crippen molar-refractivity contribution in [3.05, 3.63) is 134 Å². The van der Waals surface area contributed by atoms with Gasteiger partial charge in [-0.15, -0.1) is 11.3 Å². The second-order valence-electron chi connectivity index (χ2n) is 17.5. The molecule has 358 valence electrons. The number of aliphatic hydroxyl groups is 1. The van der Waals surface area contributed by atoms with Gasteiger partial charge in [-0.1, -0.05) is 75.4 Å². The molecule has 69 heavy (non-hydrogen) atoms. The maximum atomic E-state index is 14.3. The third kappa shape index (κ3) is 11.6. The number of imide groups is 1. The van der Waals surface area contributed by atoms with Gasteiger partial charge in [0.15, 0.2) is 11.5 Å². The summed E-state index contributed by atoms with van der Waals surface area (Å²) in [5, 5.41) is 25.0. The van der Waals surface area contributed by atoms with E-state index in [0.29, 0.717) is 34.5 Å². The minimum Gasteiger partial charge on any atom is -0.493 e. The lowest BCUT2D eigenvalue weighted by molar-refractivity contribution is -0.144. The number of aromatic nitrogens is 1. The molecule has 0 bridgehead atoms. The summed E-state index contributed by atoms with van der Waals surface area (Å²) < 4.78 is 52.4. The lowest BCUT2D eigenvalue weighted by Gasteiger charge is -2.35. The molecule has 4 aromatic carbocycles. The van der Waals surface area contributed by atoms with E-state index >= 15 is 0 Å². The molecule has 2 fully saturated rings. The number of aliphatic hydroxyl groups excluding tert-OH is 1. The number of amides is 5. The Morgan fingerprint density at radius 3 is 2.35 bits per heavy atom. The molecular weight excluding hydrogens is 934 g/mol. The quantitative estimate of drug-likeness (QED) is 0.0906. The lowest BCUT2D eigenvalue weighted by atomic mass is 9.85. The molecule has 1 unspecified atom stereocenters. The number of nitrogens with zero attached hydrogens (tertiary/aromatic N) is 4. The first-order chi connectivity index (χ1) is 32.7. The Morgan fingerprint density at radius 2 is 1.70 bits per heavy atom. The van der Waals surface area contributed by atoms with E-state index in [1.807, 2.05) is 31.2 Å². The third-order valence-corrected chi connectivity index (χ3v) is 13.4. The van der Waals surface area contributed by atoms with Crippen LogP contribution in [-0.4, -0.2) is 80.6 Å².